The van der Waals surface area contributed by atoms with Gasteiger partial charge in [-0.2, -0.15) is 13.2 Å². The Morgan fingerprint density at radius 1 is 1.16 bits per heavy atom. The average molecular weight is 527 g/mol. The number of halogens is 4. The third-order valence-electron chi connectivity index (χ3n) is 5.42. The van der Waals surface area contributed by atoms with Crippen molar-refractivity contribution >= 4 is 29.9 Å². The fourth-order valence-corrected chi connectivity index (χ4v) is 3.48. The van der Waals surface area contributed by atoms with E-state index in [1.165, 1.54) is 11.0 Å². The molecule has 3 aromatic rings. The van der Waals surface area contributed by atoms with E-state index in [-0.39, 0.29) is 11.9 Å². The zero-order valence-electron chi connectivity index (χ0n) is 19.9. The summed E-state index contributed by atoms with van der Waals surface area (Å²) in [5, 5.41) is 5.40. The molecule has 2 amide bonds. The summed E-state index contributed by atoms with van der Waals surface area (Å²) in [4.78, 5) is 33.3. The van der Waals surface area contributed by atoms with Crippen molar-refractivity contribution in [2.24, 2.45) is 4.99 Å². The lowest BCUT2D eigenvalue weighted by molar-refractivity contribution is -0.140. The number of benzene rings is 2. The Bertz CT molecular complexity index is 1410. The van der Waals surface area contributed by atoms with Crippen LogP contribution in [0.4, 0.5) is 23.2 Å². The minimum Gasteiger partial charge on any atom is -0.457 e. The number of aliphatic imine (C=N–C) groups is 1. The minimum atomic E-state index is -4.88. The van der Waals surface area contributed by atoms with Gasteiger partial charge in [0.05, 0.1) is 12.1 Å². The van der Waals surface area contributed by atoms with Crippen LogP contribution in [0.2, 0.25) is 0 Å². The van der Waals surface area contributed by atoms with Gasteiger partial charge in [-0.1, -0.05) is 12.1 Å². The zero-order chi connectivity index (χ0) is 27.3. The minimum absolute atomic E-state index is 0.190. The summed E-state index contributed by atoms with van der Waals surface area (Å²) < 4.78 is 58.0. The van der Waals surface area contributed by atoms with Crippen molar-refractivity contribution in [2.45, 2.75) is 12.3 Å². The highest BCUT2D eigenvalue weighted by Gasteiger charge is 2.34. The number of carbonyl (C=O) groups excluding carboxylic acids is 2. The van der Waals surface area contributed by atoms with E-state index in [0.29, 0.717) is 53.7 Å². The molecule has 8 nitrogen and oxygen atoms in total. The average Bonchev–Trinajstić information content (AvgIpc) is 3.38. The van der Waals surface area contributed by atoms with E-state index in [4.69, 9.17) is 4.74 Å². The van der Waals surface area contributed by atoms with Crippen LogP contribution in [0.1, 0.15) is 16.8 Å². The number of alkyl halides is 3. The number of hydrogen-bond donors (Lipinski definition) is 2. The number of amides is 2. The maximum Gasteiger partial charge on any atom is 0.419 e. The Labute approximate surface area is 214 Å². The van der Waals surface area contributed by atoms with Gasteiger partial charge < -0.3 is 20.3 Å². The van der Waals surface area contributed by atoms with E-state index in [2.05, 4.69) is 20.6 Å². The van der Waals surface area contributed by atoms with Crippen LogP contribution in [0.15, 0.2) is 71.9 Å². The van der Waals surface area contributed by atoms with E-state index in [1.807, 2.05) is 0 Å². The molecule has 2 aromatic carbocycles. The van der Waals surface area contributed by atoms with Gasteiger partial charge >= 0.3 is 6.18 Å². The van der Waals surface area contributed by atoms with Crippen molar-refractivity contribution in [1.29, 1.82) is 0 Å². The molecule has 1 aromatic heterocycles. The van der Waals surface area contributed by atoms with Gasteiger partial charge in [0.1, 0.15) is 35.0 Å². The summed E-state index contributed by atoms with van der Waals surface area (Å²) in [5.74, 6) is -0.662. The third-order valence-corrected chi connectivity index (χ3v) is 5.42. The van der Waals surface area contributed by atoms with Crippen molar-refractivity contribution in [2.75, 3.05) is 18.9 Å². The van der Waals surface area contributed by atoms with E-state index < -0.39 is 23.5 Å². The number of nitrogens with one attached hydrogen (secondary N) is 2. The lowest BCUT2D eigenvalue weighted by Gasteiger charge is -2.19. The second kappa shape index (κ2) is 11.1. The normalized spacial score (nSPS) is 15.1. The molecule has 4 rings (SSSR count). The number of amidine groups is 1. The largest absolute Gasteiger partial charge is 0.457 e. The van der Waals surface area contributed by atoms with E-state index >= 15 is 0 Å². The number of aromatic nitrogens is 1. The maximum absolute atomic E-state index is 13.4. The van der Waals surface area contributed by atoms with Gasteiger partial charge in [0.25, 0.3) is 0 Å². The first-order valence-electron chi connectivity index (χ1n) is 11.2. The number of anilines is 1. The summed E-state index contributed by atoms with van der Waals surface area (Å²) >= 11 is 0. The van der Waals surface area contributed by atoms with Crippen molar-refractivity contribution in [3.8, 4) is 11.5 Å². The van der Waals surface area contributed by atoms with Crippen molar-refractivity contribution in [1.82, 2.24) is 15.2 Å². The molecule has 0 fully saturated rings. The molecule has 1 aliphatic heterocycles. The molecule has 38 heavy (non-hydrogen) atoms. The highest BCUT2D eigenvalue weighted by molar-refractivity contribution is 6.02. The molecule has 2 heterocycles. The first-order valence-corrected chi connectivity index (χ1v) is 11.2. The number of pyridine rings is 1. The van der Waals surface area contributed by atoms with Crippen molar-refractivity contribution in [3.63, 3.8) is 0 Å². The number of nitrogens with zero attached hydrogens (tertiary/aromatic N) is 3. The van der Waals surface area contributed by atoms with Gasteiger partial charge in [0.2, 0.25) is 12.3 Å². The topological polar surface area (TPSA) is 95.9 Å². The van der Waals surface area contributed by atoms with E-state index in [1.54, 1.807) is 49.6 Å². The molecule has 0 aliphatic carbocycles. The van der Waals surface area contributed by atoms with Gasteiger partial charge in [-0.25, -0.2) is 4.39 Å². The predicted octanol–water partition coefficient (Wildman–Crippen LogP) is 4.45. The molecule has 1 unspecified atom stereocenters. The fourth-order valence-electron chi connectivity index (χ4n) is 3.48. The quantitative estimate of drug-likeness (QED) is 0.257. The molecule has 2 N–H and O–H groups in total. The first kappa shape index (κ1) is 26.3. The summed E-state index contributed by atoms with van der Waals surface area (Å²) in [6, 6.07) is 12.3. The molecule has 0 spiro atoms. The molecule has 0 bridgehead atoms. The van der Waals surface area contributed by atoms with E-state index in [0.717, 1.165) is 12.1 Å². The number of ether oxygens (including phenoxy) is 1. The molecular weight excluding hydrogens is 506 g/mol. The molecule has 1 atom stereocenters. The summed E-state index contributed by atoms with van der Waals surface area (Å²) in [6.45, 7) is 0.393. The summed E-state index contributed by atoms with van der Waals surface area (Å²) in [5.41, 5.74) is -0.535. The Morgan fingerprint density at radius 3 is 2.71 bits per heavy atom. The second-order valence-electron chi connectivity index (χ2n) is 8.19. The standard InChI is InChI=1S/C26H21F4N5O3/c1-35(15-36)23-14-32-25(34-23)22-13-19(9-10-31-22)38-18-4-2-3-16(11-18)5-8-24(37)33-17-6-7-21(27)20(12-17)26(28,29)30/h2-13,15,23H,14H2,1H3,(H,32,34)(H,33,37)/b8-5+. The lowest BCUT2D eigenvalue weighted by Crippen LogP contribution is -2.43. The molecule has 0 radical (unpaired) electrons. The Morgan fingerprint density at radius 2 is 1.95 bits per heavy atom. The highest BCUT2D eigenvalue weighted by Crippen LogP contribution is 2.33. The van der Waals surface area contributed by atoms with Crippen LogP contribution in [0, 0.1) is 5.82 Å². The SMILES string of the molecule is CN(C=O)C1CN=C(c2cc(Oc3cccc(/C=C/C(=O)Nc4ccc(F)c(C(F)(F)F)c4)c3)ccn2)N1. The monoisotopic (exact) mass is 527 g/mol. The lowest BCUT2D eigenvalue weighted by atomic mass is 10.1. The molecular formula is C26H21F4N5O3. The van der Waals surface area contributed by atoms with Crippen LogP contribution < -0.4 is 15.4 Å². The van der Waals surface area contributed by atoms with Crippen LogP contribution in [-0.2, 0) is 15.8 Å². The fraction of sp³-hybridized carbons (Fsp3) is 0.154. The summed E-state index contributed by atoms with van der Waals surface area (Å²) in [7, 11) is 1.65. The number of hydrogen-bond acceptors (Lipinski definition) is 6. The molecule has 0 saturated heterocycles. The smallest absolute Gasteiger partial charge is 0.419 e. The maximum atomic E-state index is 13.4. The van der Waals surface area contributed by atoms with Gasteiger partial charge in [-0.3, -0.25) is 19.6 Å². The van der Waals surface area contributed by atoms with Gasteiger partial charge in [-0.05, 0) is 48.0 Å². The third kappa shape index (κ3) is 6.52. The van der Waals surface area contributed by atoms with Crippen LogP contribution in [0.3, 0.4) is 0 Å². The number of likely N-dealkylation sites (N-methyl/N-ethyl adjacent to an activating group) is 1. The Kier molecular flexibility index (Phi) is 7.70. The molecule has 196 valence electrons. The second-order valence-corrected chi connectivity index (χ2v) is 8.19. The zero-order valence-corrected chi connectivity index (χ0v) is 19.9. The van der Waals surface area contributed by atoms with Crippen molar-refractivity contribution in [3.05, 3.63) is 89.5 Å². The number of carbonyl (C=O) groups is 2. The summed E-state index contributed by atoms with van der Waals surface area (Å²) in [6.07, 6.45) is -0.288. The molecule has 1 aliphatic rings. The van der Waals surface area contributed by atoms with Gasteiger partial charge in [-0.15, -0.1) is 0 Å². The number of rotatable bonds is 8. The van der Waals surface area contributed by atoms with Crippen LogP contribution in [-0.4, -0.2) is 47.8 Å². The highest BCUT2D eigenvalue weighted by atomic mass is 19.4. The van der Waals surface area contributed by atoms with Gasteiger partial charge in [0, 0.05) is 31.1 Å². The van der Waals surface area contributed by atoms with Crippen LogP contribution in [0.5, 0.6) is 11.5 Å². The van der Waals surface area contributed by atoms with Crippen LogP contribution >= 0.6 is 0 Å². The van der Waals surface area contributed by atoms with Crippen LogP contribution in [0.25, 0.3) is 6.08 Å². The first-order chi connectivity index (χ1) is 18.1. The van der Waals surface area contributed by atoms with E-state index in [9.17, 15) is 27.2 Å². The predicted molar refractivity (Wildman–Crippen MR) is 132 cm³/mol. The van der Waals surface area contributed by atoms with Gasteiger partial charge in [0.15, 0.2) is 0 Å². The molecule has 12 heteroatoms. The Balaban J connectivity index is 1.40. The Hall–Kier alpha value is -4.74. The molecule has 0 saturated carbocycles. The van der Waals surface area contributed by atoms with Crippen molar-refractivity contribution < 1.29 is 31.9 Å².